The Hall–Kier alpha value is -0.0500. The minimum Gasteiger partial charge on any atom is -0.310 e. The first-order chi connectivity index (χ1) is 8.56. The van der Waals surface area contributed by atoms with E-state index in [1.54, 1.807) is 0 Å². The second-order valence-electron chi connectivity index (χ2n) is 5.59. The molecular formula is C15H21BrClN. The van der Waals surface area contributed by atoms with Gasteiger partial charge in [0.2, 0.25) is 0 Å². The summed E-state index contributed by atoms with van der Waals surface area (Å²) in [6.07, 6.45) is 3.96. The summed E-state index contributed by atoms with van der Waals surface area (Å²) in [6.45, 7) is 5.68. The molecular weight excluding hydrogens is 310 g/mol. The van der Waals surface area contributed by atoms with Crippen LogP contribution in [0.5, 0.6) is 0 Å². The van der Waals surface area contributed by atoms with Crippen LogP contribution in [0.25, 0.3) is 0 Å². The third-order valence-corrected chi connectivity index (χ3v) is 5.39. The minimum atomic E-state index is 0.672. The first-order valence-electron chi connectivity index (χ1n) is 6.73. The number of benzene rings is 1. The number of rotatable bonds is 3. The molecule has 2 rings (SSSR count). The van der Waals surface area contributed by atoms with Gasteiger partial charge < -0.3 is 5.32 Å². The summed E-state index contributed by atoms with van der Waals surface area (Å²) in [5.74, 6) is 1.72. The van der Waals surface area contributed by atoms with Gasteiger partial charge in [0, 0.05) is 17.1 Å². The summed E-state index contributed by atoms with van der Waals surface area (Å²) < 4.78 is 0.981. The first-order valence-corrected chi connectivity index (χ1v) is 7.90. The molecule has 1 nitrogen and oxygen atoms in total. The minimum absolute atomic E-state index is 0.672. The lowest BCUT2D eigenvalue weighted by atomic mass is 9.79. The zero-order valence-electron chi connectivity index (χ0n) is 11.0. The van der Waals surface area contributed by atoms with Crippen LogP contribution in [0.3, 0.4) is 0 Å². The van der Waals surface area contributed by atoms with Gasteiger partial charge in [0.1, 0.15) is 0 Å². The van der Waals surface area contributed by atoms with Crippen LogP contribution in [0.2, 0.25) is 5.02 Å². The lowest BCUT2D eigenvalue weighted by molar-refractivity contribution is 0.225. The average molecular weight is 331 g/mol. The highest BCUT2D eigenvalue weighted by molar-refractivity contribution is 9.10. The molecule has 0 saturated heterocycles. The van der Waals surface area contributed by atoms with Gasteiger partial charge in [0.15, 0.2) is 0 Å². The van der Waals surface area contributed by atoms with Crippen LogP contribution in [0, 0.1) is 11.8 Å². The van der Waals surface area contributed by atoms with E-state index in [-0.39, 0.29) is 0 Å². The van der Waals surface area contributed by atoms with Gasteiger partial charge in [-0.2, -0.15) is 0 Å². The largest absolute Gasteiger partial charge is 0.310 e. The quantitative estimate of drug-likeness (QED) is 0.821. The molecule has 0 heterocycles. The van der Waals surface area contributed by atoms with Crippen LogP contribution < -0.4 is 5.32 Å². The second kappa shape index (κ2) is 6.40. The molecule has 1 saturated carbocycles. The SMILES string of the molecule is CC1CCC(NCc2ccc(Cl)c(Br)c2)CC1C. The number of hydrogen-bond donors (Lipinski definition) is 1. The van der Waals surface area contributed by atoms with Gasteiger partial charge in [-0.05, 0) is 64.7 Å². The van der Waals surface area contributed by atoms with Crippen molar-refractivity contribution in [3.05, 3.63) is 33.3 Å². The Labute approximate surface area is 123 Å². The molecule has 1 aliphatic carbocycles. The second-order valence-corrected chi connectivity index (χ2v) is 6.86. The fourth-order valence-electron chi connectivity index (χ4n) is 2.64. The molecule has 1 N–H and O–H groups in total. The Balaban J connectivity index is 1.86. The molecule has 0 amide bonds. The molecule has 0 radical (unpaired) electrons. The average Bonchev–Trinajstić information content (AvgIpc) is 2.35. The molecule has 0 aliphatic heterocycles. The van der Waals surface area contributed by atoms with E-state index in [1.165, 1.54) is 24.8 Å². The fraction of sp³-hybridized carbons (Fsp3) is 0.600. The van der Waals surface area contributed by atoms with E-state index in [1.807, 2.05) is 6.07 Å². The van der Waals surface area contributed by atoms with Gasteiger partial charge in [-0.1, -0.05) is 31.5 Å². The van der Waals surface area contributed by atoms with E-state index in [0.717, 1.165) is 27.9 Å². The van der Waals surface area contributed by atoms with E-state index in [2.05, 4.69) is 47.2 Å². The summed E-state index contributed by atoms with van der Waals surface area (Å²) in [5, 5.41) is 4.45. The van der Waals surface area contributed by atoms with Crippen molar-refractivity contribution in [2.75, 3.05) is 0 Å². The zero-order chi connectivity index (χ0) is 13.1. The van der Waals surface area contributed by atoms with Crippen LogP contribution in [-0.4, -0.2) is 6.04 Å². The van der Waals surface area contributed by atoms with E-state index >= 15 is 0 Å². The van der Waals surface area contributed by atoms with Gasteiger partial charge in [-0.3, -0.25) is 0 Å². The Morgan fingerprint density at radius 2 is 2.06 bits per heavy atom. The van der Waals surface area contributed by atoms with Crippen LogP contribution in [0.1, 0.15) is 38.7 Å². The van der Waals surface area contributed by atoms with Gasteiger partial charge in [-0.15, -0.1) is 0 Å². The van der Waals surface area contributed by atoms with Gasteiger partial charge in [0.25, 0.3) is 0 Å². The molecule has 1 fully saturated rings. The standard InChI is InChI=1S/C15H21BrClN/c1-10-3-5-13(7-11(10)2)18-9-12-4-6-15(17)14(16)8-12/h4,6,8,10-11,13,18H,3,5,7,9H2,1-2H3. The summed E-state index contributed by atoms with van der Waals surface area (Å²) in [6, 6.07) is 6.82. The number of halogens is 2. The Morgan fingerprint density at radius 1 is 1.28 bits per heavy atom. The Morgan fingerprint density at radius 3 is 2.72 bits per heavy atom. The molecule has 1 aromatic rings. The zero-order valence-corrected chi connectivity index (χ0v) is 13.4. The van der Waals surface area contributed by atoms with E-state index in [0.29, 0.717) is 6.04 Å². The van der Waals surface area contributed by atoms with Crippen molar-refractivity contribution in [3.63, 3.8) is 0 Å². The topological polar surface area (TPSA) is 12.0 Å². The number of hydrogen-bond acceptors (Lipinski definition) is 1. The van der Waals surface area contributed by atoms with Gasteiger partial charge in [0.05, 0.1) is 5.02 Å². The highest BCUT2D eigenvalue weighted by atomic mass is 79.9. The first kappa shape index (κ1) is 14.4. The molecule has 1 aromatic carbocycles. The monoisotopic (exact) mass is 329 g/mol. The molecule has 1 aliphatic rings. The predicted molar refractivity (Wildman–Crippen MR) is 82.0 cm³/mol. The highest BCUT2D eigenvalue weighted by Gasteiger charge is 2.23. The maximum atomic E-state index is 6.00. The predicted octanol–water partition coefficient (Wildman–Crippen LogP) is 5.02. The molecule has 0 bridgehead atoms. The lowest BCUT2D eigenvalue weighted by Gasteiger charge is -2.32. The van der Waals surface area contributed by atoms with E-state index < -0.39 is 0 Å². The van der Waals surface area contributed by atoms with Crippen LogP contribution >= 0.6 is 27.5 Å². The maximum Gasteiger partial charge on any atom is 0.0548 e. The van der Waals surface area contributed by atoms with Gasteiger partial charge >= 0.3 is 0 Å². The summed E-state index contributed by atoms with van der Waals surface area (Å²) in [4.78, 5) is 0. The summed E-state index contributed by atoms with van der Waals surface area (Å²) in [5.41, 5.74) is 1.29. The summed E-state index contributed by atoms with van der Waals surface area (Å²) in [7, 11) is 0. The Bertz CT molecular complexity index is 407. The van der Waals surface area contributed by atoms with Crippen molar-refractivity contribution < 1.29 is 0 Å². The third kappa shape index (κ3) is 3.72. The van der Waals surface area contributed by atoms with Crippen molar-refractivity contribution in [2.45, 2.75) is 45.7 Å². The van der Waals surface area contributed by atoms with Crippen molar-refractivity contribution >= 4 is 27.5 Å². The summed E-state index contributed by atoms with van der Waals surface area (Å²) >= 11 is 9.47. The van der Waals surface area contributed by atoms with Crippen molar-refractivity contribution in [3.8, 4) is 0 Å². The molecule has 3 atom stereocenters. The van der Waals surface area contributed by atoms with E-state index in [4.69, 9.17) is 11.6 Å². The molecule has 3 unspecified atom stereocenters. The maximum absolute atomic E-state index is 6.00. The number of nitrogens with one attached hydrogen (secondary N) is 1. The molecule has 18 heavy (non-hydrogen) atoms. The third-order valence-electron chi connectivity index (χ3n) is 4.18. The van der Waals surface area contributed by atoms with E-state index in [9.17, 15) is 0 Å². The molecule has 100 valence electrons. The smallest absolute Gasteiger partial charge is 0.0548 e. The molecule has 0 aromatic heterocycles. The normalized spacial score (nSPS) is 28.3. The Kier molecular flexibility index (Phi) is 5.11. The van der Waals surface area contributed by atoms with Crippen LogP contribution in [0.4, 0.5) is 0 Å². The fourth-order valence-corrected chi connectivity index (χ4v) is 3.19. The van der Waals surface area contributed by atoms with Crippen LogP contribution in [-0.2, 0) is 6.54 Å². The highest BCUT2D eigenvalue weighted by Crippen LogP contribution is 2.29. The van der Waals surface area contributed by atoms with Gasteiger partial charge in [-0.25, -0.2) is 0 Å². The molecule has 0 spiro atoms. The van der Waals surface area contributed by atoms with Crippen molar-refractivity contribution in [1.82, 2.24) is 5.32 Å². The van der Waals surface area contributed by atoms with Crippen LogP contribution in [0.15, 0.2) is 22.7 Å². The molecule has 3 heteroatoms. The lowest BCUT2D eigenvalue weighted by Crippen LogP contribution is -2.35. The van der Waals surface area contributed by atoms with Crippen molar-refractivity contribution in [2.24, 2.45) is 11.8 Å². The van der Waals surface area contributed by atoms with Crippen molar-refractivity contribution in [1.29, 1.82) is 0 Å².